The van der Waals surface area contributed by atoms with E-state index < -0.39 is 0 Å². The highest BCUT2D eigenvalue weighted by Crippen LogP contribution is 2.23. The van der Waals surface area contributed by atoms with Gasteiger partial charge in [0.05, 0.1) is 5.02 Å². The molecule has 1 aromatic rings. The van der Waals surface area contributed by atoms with Crippen molar-refractivity contribution in [2.45, 2.75) is 26.3 Å². The van der Waals surface area contributed by atoms with Gasteiger partial charge in [0.1, 0.15) is 0 Å². The van der Waals surface area contributed by atoms with Crippen LogP contribution in [0, 0.1) is 0 Å². The van der Waals surface area contributed by atoms with Crippen LogP contribution >= 0.6 is 27.5 Å². The van der Waals surface area contributed by atoms with Crippen LogP contribution in [0.3, 0.4) is 0 Å². The molecule has 1 amide bonds. The van der Waals surface area contributed by atoms with Crippen molar-refractivity contribution in [2.75, 3.05) is 20.1 Å². The van der Waals surface area contributed by atoms with Gasteiger partial charge in [-0.1, -0.05) is 11.6 Å². The van der Waals surface area contributed by atoms with Crippen molar-refractivity contribution < 1.29 is 4.79 Å². The molecular weight excluding hydrogens is 328 g/mol. The lowest BCUT2D eigenvalue weighted by Gasteiger charge is -2.20. The number of hydrogen-bond acceptors (Lipinski definition) is 2. The van der Waals surface area contributed by atoms with Gasteiger partial charge >= 0.3 is 0 Å². The number of nitrogens with zero attached hydrogens (tertiary/aromatic N) is 1. The number of amides is 1. The second-order valence-corrected chi connectivity index (χ2v) is 6.07. The fourth-order valence-electron chi connectivity index (χ4n) is 1.53. The maximum atomic E-state index is 11.9. The Balaban J connectivity index is 2.37. The third-order valence-electron chi connectivity index (χ3n) is 3.04. The van der Waals surface area contributed by atoms with Gasteiger partial charge in [-0.2, -0.15) is 0 Å². The van der Waals surface area contributed by atoms with Crippen LogP contribution in [-0.2, 0) is 0 Å². The molecule has 1 N–H and O–H groups in total. The molecule has 0 aliphatic carbocycles. The lowest BCUT2D eigenvalue weighted by Crippen LogP contribution is -2.31. The highest BCUT2D eigenvalue weighted by Gasteiger charge is 2.08. The Kier molecular flexibility index (Phi) is 6.83. The van der Waals surface area contributed by atoms with E-state index in [-0.39, 0.29) is 5.91 Å². The molecule has 1 rings (SSSR count). The lowest BCUT2D eigenvalue weighted by molar-refractivity contribution is 0.0951. The molecular formula is C14H20BrClN2O. The van der Waals surface area contributed by atoms with E-state index >= 15 is 0 Å². The van der Waals surface area contributed by atoms with Gasteiger partial charge in [-0.15, -0.1) is 0 Å². The van der Waals surface area contributed by atoms with Crippen molar-refractivity contribution in [3.8, 4) is 0 Å². The highest BCUT2D eigenvalue weighted by atomic mass is 79.9. The van der Waals surface area contributed by atoms with Crippen LogP contribution in [0.5, 0.6) is 0 Å². The van der Waals surface area contributed by atoms with Crippen LogP contribution in [0.1, 0.15) is 30.6 Å². The minimum Gasteiger partial charge on any atom is -0.352 e. The smallest absolute Gasteiger partial charge is 0.251 e. The summed E-state index contributed by atoms with van der Waals surface area (Å²) in [5.74, 6) is -0.0819. The molecule has 0 aliphatic heterocycles. The number of nitrogens with one attached hydrogen (secondary N) is 1. The molecule has 0 unspecified atom stereocenters. The second kappa shape index (κ2) is 7.88. The molecule has 0 atom stereocenters. The molecule has 0 aliphatic rings. The lowest BCUT2D eigenvalue weighted by atomic mass is 10.2. The molecule has 0 spiro atoms. The minimum absolute atomic E-state index is 0.0819. The monoisotopic (exact) mass is 346 g/mol. The second-order valence-electron chi connectivity index (χ2n) is 4.81. The summed E-state index contributed by atoms with van der Waals surface area (Å²) in [5, 5.41) is 3.45. The molecule has 0 aromatic heterocycles. The zero-order valence-electron chi connectivity index (χ0n) is 11.5. The van der Waals surface area contributed by atoms with Crippen LogP contribution in [0.15, 0.2) is 22.7 Å². The highest BCUT2D eigenvalue weighted by molar-refractivity contribution is 9.10. The molecule has 1 aromatic carbocycles. The third-order valence-corrected chi connectivity index (χ3v) is 4.27. The molecule has 5 heteroatoms. The zero-order chi connectivity index (χ0) is 14.4. The Morgan fingerprint density at radius 1 is 1.47 bits per heavy atom. The number of halogens is 2. The van der Waals surface area contributed by atoms with Crippen molar-refractivity contribution in [2.24, 2.45) is 0 Å². The number of benzene rings is 1. The number of carbonyl (C=O) groups is 1. The fourth-order valence-corrected chi connectivity index (χ4v) is 1.96. The van der Waals surface area contributed by atoms with Crippen LogP contribution in [0.25, 0.3) is 0 Å². The summed E-state index contributed by atoms with van der Waals surface area (Å²) >= 11 is 9.26. The van der Waals surface area contributed by atoms with Crippen LogP contribution in [0.4, 0.5) is 0 Å². The largest absolute Gasteiger partial charge is 0.352 e. The van der Waals surface area contributed by atoms with Gasteiger partial charge in [-0.05, 0) is 68.0 Å². The topological polar surface area (TPSA) is 32.3 Å². The fraction of sp³-hybridized carbons (Fsp3) is 0.500. The van der Waals surface area contributed by atoms with Crippen molar-refractivity contribution >= 4 is 33.4 Å². The average Bonchev–Trinajstić information content (AvgIpc) is 2.37. The van der Waals surface area contributed by atoms with Gasteiger partial charge in [-0.25, -0.2) is 0 Å². The molecule has 0 bridgehead atoms. The van der Waals surface area contributed by atoms with Crippen LogP contribution in [0.2, 0.25) is 5.02 Å². The first-order chi connectivity index (χ1) is 8.91. The quantitative estimate of drug-likeness (QED) is 0.798. The summed E-state index contributed by atoms with van der Waals surface area (Å²) in [5.41, 5.74) is 0.588. The Hall–Kier alpha value is -0.580. The van der Waals surface area contributed by atoms with E-state index in [1.807, 2.05) is 0 Å². The van der Waals surface area contributed by atoms with Crippen molar-refractivity contribution in [1.82, 2.24) is 10.2 Å². The summed E-state index contributed by atoms with van der Waals surface area (Å²) in [6, 6.07) is 5.73. The van der Waals surface area contributed by atoms with E-state index in [2.05, 4.69) is 47.0 Å². The van der Waals surface area contributed by atoms with Crippen LogP contribution < -0.4 is 5.32 Å². The molecule has 19 heavy (non-hydrogen) atoms. The molecule has 0 fully saturated rings. The van der Waals surface area contributed by atoms with E-state index in [1.54, 1.807) is 18.2 Å². The average molecular weight is 348 g/mol. The van der Waals surface area contributed by atoms with Crippen molar-refractivity contribution in [3.05, 3.63) is 33.3 Å². The van der Waals surface area contributed by atoms with Crippen LogP contribution in [-0.4, -0.2) is 37.0 Å². The third kappa shape index (κ3) is 5.51. The van der Waals surface area contributed by atoms with Gasteiger partial charge in [0, 0.05) is 22.6 Å². The van der Waals surface area contributed by atoms with E-state index in [4.69, 9.17) is 11.6 Å². The Morgan fingerprint density at radius 2 is 2.16 bits per heavy atom. The predicted octanol–water partition coefficient (Wildman–Crippen LogP) is 3.56. The first kappa shape index (κ1) is 16.5. The Labute approximate surface area is 128 Å². The van der Waals surface area contributed by atoms with E-state index in [0.717, 1.165) is 17.4 Å². The van der Waals surface area contributed by atoms with Gasteiger partial charge in [0.15, 0.2) is 0 Å². The number of rotatable bonds is 6. The van der Waals surface area contributed by atoms with E-state index in [1.165, 1.54) is 0 Å². The molecule has 0 saturated carbocycles. The van der Waals surface area contributed by atoms with Gasteiger partial charge in [0.2, 0.25) is 0 Å². The predicted molar refractivity (Wildman–Crippen MR) is 83.9 cm³/mol. The Morgan fingerprint density at radius 3 is 2.74 bits per heavy atom. The summed E-state index contributed by atoms with van der Waals surface area (Å²) in [4.78, 5) is 14.1. The molecule has 3 nitrogen and oxygen atoms in total. The molecule has 106 valence electrons. The Bertz CT molecular complexity index is 437. The first-order valence-corrected chi connectivity index (χ1v) is 7.52. The van der Waals surface area contributed by atoms with Crippen molar-refractivity contribution in [3.63, 3.8) is 0 Å². The first-order valence-electron chi connectivity index (χ1n) is 6.35. The maximum Gasteiger partial charge on any atom is 0.251 e. The SMILES string of the molecule is CC(C)N(C)CCCNC(=O)c1ccc(Br)c(Cl)c1. The minimum atomic E-state index is -0.0819. The zero-order valence-corrected chi connectivity index (χ0v) is 13.9. The summed E-state index contributed by atoms with van der Waals surface area (Å²) in [7, 11) is 2.08. The summed E-state index contributed by atoms with van der Waals surface area (Å²) < 4.78 is 0.796. The van der Waals surface area contributed by atoms with Gasteiger partial charge in [-0.3, -0.25) is 4.79 Å². The summed E-state index contributed by atoms with van der Waals surface area (Å²) in [6.45, 7) is 5.95. The number of carbonyl (C=O) groups excluding carboxylic acids is 1. The normalized spacial score (nSPS) is 11.1. The standard InChI is InChI=1S/C14H20BrClN2O/c1-10(2)18(3)8-4-7-17-14(19)11-5-6-12(15)13(16)9-11/h5-6,9-10H,4,7-8H2,1-3H3,(H,17,19). The van der Waals surface area contributed by atoms with E-state index in [0.29, 0.717) is 23.2 Å². The van der Waals surface area contributed by atoms with Crippen molar-refractivity contribution in [1.29, 1.82) is 0 Å². The number of hydrogen-bond donors (Lipinski definition) is 1. The molecule has 0 radical (unpaired) electrons. The van der Waals surface area contributed by atoms with E-state index in [9.17, 15) is 4.79 Å². The maximum absolute atomic E-state index is 11.9. The van der Waals surface area contributed by atoms with Gasteiger partial charge in [0.25, 0.3) is 5.91 Å². The van der Waals surface area contributed by atoms with Gasteiger partial charge < -0.3 is 10.2 Å². The molecule has 0 saturated heterocycles. The molecule has 0 heterocycles. The summed E-state index contributed by atoms with van der Waals surface area (Å²) in [6.07, 6.45) is 0.935.